The summed E-state index contributed by atoms with van der Waals surface area (Å²) in [6.45, 7) is 6.21. The van der Waals surface area contributed by atoms with Gasteiger partial charge in [-0.15, -0.1) is 0 Å². The third-order valence-electron chi connectivity index (χ3n) is 7.94. The molecule has 2 atom stereocenters. The van der Waals surface area contributed by atoms with Gasteiger partial charge in [0.05, 0.1) is 13.5 Å². The number of Topliss-reactive ketones (excluding diaryl/α,β-unsaturated/α-hetero) is 1. The van der Waals surface area contributed by atoms with Gasteiger partial charge in [-0.3, -0.25) is 14.5 Å². The minimum absolute atomic E-state index is 0.0420. The van der Waals surface area contributed by atoms with Crippen LogP contribution >= 0.6 is 0 Å². The van der Waals surface area contributed by atoms with Crippen molar-refractivity contribution >= 4 is 28.5 Å². The van der Waals surface area contributed by atoms with Crippen LogP contribution in [-0.4, -0.2) is 59.8 Å². The number of amides is 2. The molecule has 1 aliphatic rings. The van der Waals surface area contributed by atoms with Crippen molar-refractivity contribution in [3.05, 3.63) is 65.4 Å². The number of hydrogen-bond acceptors (Lipinski definition) is 5. The van der Waals surface area contributed by atoms with Crippen LogP contribution in [0.5, 0.6) is 5.75 Å². The summed E-state index contributed by atoms with van der Waals surface area (Å²) in [5.41, 5.74) is 4.04. The number of nitrogens with zero attached hydrogens (tertiary/aromatic N) is 1. The first-order chi connectivity index (χ1) is 19.8. The number of hydrogen-bond donors (Lipinski definition) is 3. The van der Waals surface area contributed by atoms with Crippen molar-refractivity contribution in [3.63, 3.8) is 0 Å². The number of nitrogens with one attached hydrogen (secondary N) is 3. The Bertz CT molecular complexity index is 1320. The zero-order valence-electron chi connectivity index (χ0n) is 24.6. The molecule has 1 aromatic heterocycles. The standard InChI is InChI=1S/C33H44N4O4/c1-23(38)11-6-4-9-15-31(33(40)35-26-14-10-18-37(22-26)21-25-12-7-5-8-13-25)36-32(39)20-28-24(2)34-30-17-16-27(41-3)19-29(28)30/h5,7-8,12-13,16-17,19,26,31,34H,4,6,9-11,14-15,18,20-22H2,1-3H3,(H,35,40)(H,36,39). The quantitative estimate of drug-likeness (QED) is 0.245. The molecule has 41 heavy (non-hydrogen) atoms. The number of carbonyl (C=O) groups excluding carboxylic acids is 3. The molecule has 3 N–H and O–H groups in total. The van der Waals surface area contributed by atoms with Crippen molar-refractivity contribution in [2.75, 3.05) is 20.2 Å². The summed E-state index contributed by atoms with van der Waals surface area (Å²) in [6.07, 6.45) is 5.60. The van der Waals surface area contributed by atoms with Crippen LogP contribution in [0.25, 0.3) is 10.9 Å². The largest absolute Gasteiger partial charge is 0.497 e. The molecule has 2 amide bonds. The number of fused-ring (bicyclic) bond motifs is 1. The molecule has 2 unspecified atom stereocenters. The Morgan fingerprint density at radius 3 is 2.66 bits per heavy atom. The second-order valence-corrected chi connectivity index (χ2v) is 11.3. The van der Waals surface area contributed by atoms with E-state index in [1.807, 2.05) is 31.2 Å². The molecule has 0 radical (unpaired) electrons. The highest BCUT2D eigenvalue weighted by Crippen LogP contribution is 2.27. The van der Waals surface area contributed by atoms with Crippen LogP contribution in [0.2, 0.25) is 0 Å². The molecule has 1 aliphatic heterocycles. The fraction of sp³-hybridized carbons (Fsp3) is 0.485. The number of aryl methyl sites for hydroxylation is 1. The molecular formula is C33H44N4O4. The summed E-state index contributed by atoms with van der Waals surface area (Å²) in [6, 6.07) is 15.6. The number of rotatable bonds is 14. The molecule has 3 aromatic rings. The smallest absolute Gasteiger partial charge is 0.242 e. The molecule has 0 saturated carbocycles. The molecular weight excluding hydrogens is 516 g/mol. The van der Waals surface area contributed by atoms with E-state index in [4.69, 9.17) is 4.74 Å². The summed E-state index contributed by atoms with van der Waals surface area (Å²) in [7, 11) is 1.62. The lowest BCUT2D eigenvalue weighted by Gasteiger charge is -2.34. The van der Waals surface area contributed by atoms with Gasteiger partial charge in [0.1, 0.15) is 17.6 Å². The summed E-state index contributed by atoms with van der Waals surface area (Å²) < 4.78 is 5.39. The number of piperidine rings is 1. The molecule has 2 aromatic carbocycles. The van der Waals surface area contributed by atoms with Crippen LogP contribution < -0.4 is 15.4 Å². The fourth-order valence-electron chi connectivity index (χ4n) is 5.75. The maximum Gasteiger partial charge on any atom is 0.242 e. The number of unbranched alkanes of at least 4 members (excludes halogenated alkanes) is 2. The van der Waals surface area contributed by atoms with E-state index in [9.17, 15) is 14.4 Å². The Balaban J connectivity index is 1.39. The predicted octanol–water partition coefficient (Wildman–Crippen LogP) is 4.83. The second-order valence-electron chi connectivity index (χ2n) is 11.3. The molecule has 1 saturated heterocycles. The number of benzene rings is 2. The zero-order chi connectivity index (χ0) is 29.2. The first kappa shape index (κ1) is 30.3. The molecule has 2 heterocycles. The van der Waals surface area contributed by atoms with E-state index in [-0.39, 0.29) is 30.1 Å². The van der Waals surface area contributed by atoms with E-state index in [0.29, 0.717) is 12.8 Å². The molecule has 8 heteroatoms. The molecule has 0 bridgehead atoms. The van der Waals surface area contributed by atoms with Crippen molar-refractivity contribution < 1.29 is 19.1 Å². The predicted molar refractivity (Wildman–Crippen MR) is 162 cm³/mol. The second kappa shape index (κ2) is 14.8. The van der Waals surface area contributed by atoms with Crippen LogP contribution in [0.1, 0.15) is 68.7 Å². The van der Waals surface area contributed by atoms with Gasteiger partial charge in [-0.2, -0.15) is 0 Å². The normalized spacial score (nSPS) is 16.3. The van der Waals surface area contributed by atoms with Crippen LogP contribution in [0, 0.1) is 6.92 Å². The van der Waals surface area contributed by atoms with Crippen LogP contribution in [0.4, 0.5) is 0 Å². The highest BCUT2D eigenvalue weighted by atomic mass is 16.5. The first-order valence-electron chi connectivity index (χ1n) is 14.8. The monoisotopic (exact) mass is 560 g/mol. The van der Waals surface area contributed by atoms with Gasteiger partial charge < -0.3 is 25.1 Å². The number of ether oxygens (including phenoxy) is 1. The van der Waals surface area contributed by atoms with Gasteiger partial charge in [0.25, 0.3) is 0 Å². The number of methoxy groups -OCH3 is 1. The Labute approximate surface area is 243 Å². The molecule has 8 nitrogen and oxygen atoms in total. The minimum Gasteiger partial charge on any atom is -0.497 e. The zero-order valence-corrected chi connectivity index (χ0v) is 24.6. The number of aromatic nitrogens is 1. The van der Waals surface area contributed by atoms with Crippen molar-refractivity contribution in [1.29, 1.82) is 0 Å². The summed E-state index contributed by atoms with van der Waals surface area (Å²) >= 11 is 0. The van der Waals surface area contributed by atoms with Gasteiger partial charge >= 0.3 is 0 Å². The van der Waals surface area contributed by atoms with E-state index in [1.54, 1.807) is 14.0 Å². The van der Waals surface area contributed by atoms with E-state index >= 15 is 0 Å². The summed E-state index contributed by atoms with van der Waals surface area (Å²) in [5, 5.41) is 7.23. The van der Waals surface area contributed by atoms with Gasteiger partial charge in [-0.25, -0.2) is 0 Å². The molecule has 1 fully saturated rings. The van der Waals surface area contributed by atoms with E-state index in [1.165, 1.54) is 5.56 Å². The molecule has 4 rings (SSSR count). The Morgan fingerprint density at radius 1 is 1.10 bits per heavy atom. The van der Waals surface area contributed by atoms with Crippen LogP contribution in [0.15, 0.2) is 48.5 Å². The van der Waals surface area contributed by atoms with Gasteiger partial charge in [0, 0.05) is 42.1 Å². The highest BCUT2D eigenvalue weighted by Gasteiger charge is 2.27. The fourth-order valence-corrected chi connectivity index (χ4v) is 5.75. The van der Waals surface area contributed by atoms with E-state index in [2.05, 4.69) is 44.8 Å². The summed E-state index contributed by atoms with van der Waals surface area (Å²) in [4.78, 5) is 43.9. The topological polar surface area (TPSA) is 104 Å². The van der Waals surface area contributed by atoms with Gasteiger partial charge in [-0.1, -0.05) is 43.2 Å². The lowest BCUT2D eigenvalue weighted by Crippen LogP contribution is -2.53. The van der Waals surface area contributed by atoms with E-state index in [0.717, 1.165) is 79.6 Å². The van der Waals surface area contributed by atoms with Crippen molar-refractivity contribution in [1.82, 2.24) is 20.5 Å². The van der Waals surface area contributed by atoms with Gasteiger partial charge in [-0.05, 0) is 75.4 Å². The van der Waals surface area contributed by atoms with Gasteiger partial charge in [0.2, 0.25) is 11.8 Å². The SMILES string of the molecule is COc1ccc2[nH]c(C)c(CC(=O)NC(CCCCCC(C)=O)C(=O)NC3CCCN(Cc4ccccc4)C3)c2c1. The average molecular weight is 561 g/mol. The lowest BCUT2D eigenvalue weighted by atomic mass is 10.0. The van der Waals surface area contributed by atoms with Crippen LogP contribution in [0.3, 0.4) is 0 Å². The number of carbonyl (C=O) groups is 3. The Hall–Kier alpha value is -3.65. The molecule has 0 aliphatic carbocycles. The third-order valence-corrected chi connectivity index (χ3v) is 7.94. The van der Waals surface area contributed by atoms with E-state index < -0.39 is 6.04 Å². The Kier molecular flexibility index (Phi) is 11.0. The Morgan fingerprint density at radius 2 is 1.90 bits per heavy atom. The van der Waals surface area contributed by atoms with Crippen molar-refractivity contribution in [3.8, 4) is 5.75 Å². The molecule has 0 spiro atoms. The highest BCUT2D eigenvalue weighted by molar-refractivity contribution is 5.93. The number of H-pyrrole nitrogens is 1. The molecule has 220 valence electrons. The maximum atomic E-state index is 13.5. The average Bonchev–Trinajstić information content (AvgIpc) is 3.26. The maximum absolute atomic E-state index is 13.5. The third kappa shape index (κ3) is 8.92. The minimum atomic E-state index is -0.621. The van der Waals surface area contributed by atoms with Crippen molar-refractivity contribution in [2.45, 2.75) is 83.8 Å². The number of likely N-dealkylation sites (tertiary alicyclic amines) is 1. The number of aromatic amines is 1. The van der Waals surface area contributed by atoms with Crippen molar-refractivity contribution in [2.24, 2.45) is 0 Å². The van der Waals surface area contributed by atoms with Gasteiger partial charge in [0.15, 0.2) is 0 Å². The van der Waals surface area contributed by atoms with Crippen LogP contribution in [-0.2, 0) is 27.3 Å². The number of ketones is 1. The lowest BCUT2D eigenvalue weighted by molar-refractivity contribution is -0.129. The first-order valence-corrected chi connectivity index (χ1v) is 14.8. The summed E-state index contributed by atoms with van der Waals surface area (Å²) in [5.74, 6) is 0.592.